The molecule has 15 heavy (non-hydrogen) atoms. The van der Waals surface area contributed by atoms with E-state index in [0.29, 0.717) is 6.61 Å². The summed E-state index contributed by atoms with van der Waals surface area (Å²) in [6.07, 6.45) is 0. The van der Waals surface area contributed by atoms with Gasteiger partial charge < -0.3 is 4.74 Å². The van der Waals surface area contributed by atoms with Crippen LogP contribution in [0.5, 0.6) is 0 Å². The molecule has 1 atom stereocenters. The molecule has 1 aliphatic heterocycles. The molecule has 1 fully saturated rings. The van der Waals surface area contributed by atoms with Crippen LogP contribution in [0.3, 0.4) is 0 Å². The van der Waals surface area contributed by atoms with Crippen LogP contribution >= 0.6 is 0 Å². The molecule has 82 valence electrons. The van der Waals surface area contributed by atoms with Crippen molar-refractivity contribution in [3.8, 4) is 0 Å². The van der Waals surface area contributed by atoms with Crippen molar-refractivity contribution in [1.82, 2.24) is 0 Å². The lowest BCUT2D eigenvalue weighted by Gasteiger charge is -2.12. The molecule has 0 saturated carbocycles. The van der Waals surface area contributed by atoms with E-state index in [2.05, 4.69) is 0 Å². The minimum atomic E-state index is -4.01. The van der Waals surface area contributed by atoms with Crippen molar-refractivity contribution in [3.63, 3.8) is 0 Å². The Bertz CT molecular complexity index is 474. The molecule has 1 N–H and O–H groups in total. The summed E-state index contributed by atoms with van der Waals surface area (Å²) >= 11 is 0. The van der Waals surface area contributed by atoms with Crippen molar-refractivity contribution in [2.45, 2.75) is 12.5 Å². The molecule has 0 spiro atoms. The Kier molecular flexibility index (Phi) is 2.33. The van der Waals surface area contributed by atoms with Crippen molar-refractivity contribution in [3.05, 3.63) is 35.4 Å². The Balaban J connectivity index is 2.35. The zero-order valence-electron chi connectivity index (χ0n) is 8.30. The highest BCUT2D eigenvalue weighted by Gasteiger charge is 2.50. The summed E-state index contributed by atoms with van der Waals surface area (Å²) in [5, 5.41) is 0. The van der Waals surface area contributed by atoms with Gasteiger partial charge in [0.25, 0.3) is 10.1 Å². The van der Waals surface area contributed by atoms with E-state index in [0.717, 1.165) is 11.1 Å². The highest BCUT2D eigenvalue weighted by molar-refractivity contribution is 7.85. The van der Waals surface area contributed by atoms with E-state index in [1.807, 2.05) is 31.2 Å². The monoisotopic (exact) mass is 228 g/mol. The maximum Gasteiger partial charge on any atom is 0.268 e. The second-order valence-corrected chi connectivity index (χ2v) is 5.28. The number of rotatable bonds is 3. The first-order chi connectivity index (χ1) is 6.93. The van der Waals surface area contributed by atoms with Crippen LogP contribution in [0.2, 0.25) is 0 Å². The van der Waals surface area contributed by atoms with E-state index in [1.54, 1.807) is 0 Å². The molecule has 1 heterocycles. The van der Waals surface area contributed by atoms with Gasteiger partial charge in [0.05, 0.1) is 6.61 Å². The second kappa shape index (κ2) is 3.30. The third kappa shape index (κ3) is 2.19. The first-order valence-electron chi connectivity index (χ1n) is 4.58. The van der Waals surface area contributed by atoms with Gasteiger partial charge in [0, 0.05) is 0 Å². The number of hydrogen-bond donors (Lipinski definition) is 1. The zero-order valence-corrected chi connectivity index (χ0v) is 9.12. The first-order valence-corrected chi connectivity index (χ1v) is 6.19. The summed E-state index contributed by atoms with van der Waals surface area (Å²) in [6, 6.07) is 7.42. The van der Waals surface area contributed by atoms with Crippen molar-refractivity contribution in [1.29, 1.82) is 0 Å². The van der Waals surface area contributed by atoms with Gasteiger partial charge >= 0.3 is 0 Å². The smallest absolute Gasteiger partial charge is 0.268 e. The molecule has 0 bridgehead atoms. The summed E-state index contributed by atoms with van der Waals surface area (Å²) < 4.78 is 35.7. The number of hydrogen-bond acceptors (Lipinski definition) is 3. The molecule has 1 aromatic carbocycles. The van der Waals surface area contributed by atoms with Crippen molar-refractivity contribution < 1.29 is 17.7 Å². The number of ether oxygens (including phenoxy) is 1. The lowest BCUT2D eigenvalue weighted by molar-refractivity contribution is 0.324. The van der Waals surface area contributed by atoms with Gasteiger partial charge in [0.1, 0.15) is 11.4 Å². The minimum absolute atomic E-state index is 0.345. The fraction of sp³-hybridized carbons (Fsp3) is 0.400. The Labute approximate surface area is 88.6 Å². The molecule has 1 aromatic rings. The lowest BCUT2D eigenvalue weighted by Crippen LogP contribution is -2.22. The molecule has 0 unspecified atom stereocenters. The summed E-state index contributed by atoms with van der Waals surface area (Å²) in [4.78, 5) is 0. The summed E-state index contributed by atoms with van der Waals surface area (Å²) in [7, 11) is -4.01. The van der Waals surface area contributed by atoms with Gasteiger partial charge in [0.15, 0.2) is 0 Å². The lowest BCUT2D eigenvalue weighted by atomic mass is 9.97. The quantitative estimate of drug-likeness (QED) is 0.621. The Morgan fingerprint density at radius 3 is 2.53 bits per heavy atom. The van der Waals surface area contributed by atoms with Crippen LogP contribution < -0.4 is 0 Å². The maximum absolute atomic E-state index is 10.8. The van der Waals surface area contributed by atoms with Crippen LogP contribution in [0, 0.1) is 6.92 Å². The maximum atomic E-state index is 10.8. The largest absolute Gasteiger partial charge is 0.363 e. The van der Waals surface area contributed by atoms with Gasteiger partial charge in [-0.25, -0.2) is 0 Å². The average molecular weight is 228 g/mol. The van der Waals surface area contributed by atoms with E-state index >= 15 is 0 Å². The van der Waals surface area contributed by atoms with Crippen LogP contribution in [0.15, 0.2) is 24.3 Å². The van der Waals surface area contributed by atoms with E-state index < -0.39 is 15.7 Å². The first kappa shape index (κ1) is 10.6. The second-order valence-electron chi connectivity index (χ2n) is 3.82. The van der Waals surface area contributed by atoms with Gasteiger partial charge in [0.2, 0.25) is 0 Å². The van der Waals surface area contributed by atoms with E-state index in [-0.39, 0.29) is 5.75 Å². The average Bonchev–Trinajstić information content (AvgIpc) is 2.83. The normalized spacial score (nSPS) is 25.2. The van der Waals surface area contributed by atoms with Gasteiger partial charge in [-0.3, -0.25) is 4.55 Å². The molecule has 4 nitrogen and oxygen atoms in total. The van der Waals surface area contributed by atoms with Crippen LogP contribution in [0.4, 0.5) is 0 Å². The van der Waals surface area contributed by atoms with Gasteiger partial charge in [-0.05, 0) is 18.1 Å². The molecule has 2 rings (SSSR count). The van der Waals surface area contributed by atoms with Gasteiger partial charge in [-0.2, -0.15) is 8.42 Å². The summed E-state index contributed by atoms with van der Waals surface area (Å²) in [6.45, 7) is 2.24. The highest BCUT2D eigenvalue weighted by Crippen LogP contribution is 2.41. The van der Waals surface area contributed by atoms with Gasteiger partial charge in [-0.15, -0.1) is 0 Å². The molecular formula is C10H12O4S. The molecule has 1 aliphatic rings. The van der Waals surface area contributed by atoms with Crippen LogP contribution in [0.1, 0.15) is 11.1 Å². The highest BCUT2D eigenvalue weighted by atomic mass is 32.2. The summed E-state index contributed by atoms with van der Waals surface area (Å²) in [5.41, 5.74) is 0.986. The zero-order chi connectivity index (χ0) is 11.1. The standard InChI is InChI=1S/C10H12O4S/c1-8-4-2-3-5-9(8)10(6-14-10)7-15(11,12)13/h2-5H,6-7H2,1H3,(H,11,12,13)/t10-/m1/s1. The summed E-state index contributed by atoms with van der Waals surface area (Å²) in [5.74, 6) is -0.370. The van der Waals surface area contributed by atoms with Crippen LogP contribution in [-0.2, 0) is 20.5 Å². The third-order valence-electron chi connectivity index (χ3n) is 2.54. The predicted molar refractivity (Wildman–Crippen MR) is 55.2 cm³/mol. The van der Waals surface area contributed by atoms with Crippen molar-refractivity contribution in [2.24, 2.45) is 0 Å². The number of benzene rings is 1. The Morgan fingerprint density at radius 2 is 2.07 bits per heavy atom. The van der Waals surface area contributed by atoms with Crippen molar-refractivity contribution >= 4 is 10.1 Å². The van der Waals surface area contributed by atoms with Gasteiger partial charge in [-0.1, -0.05) is 24.3 Å². The third-order valence-corrected chi connectivity index (χ3v) is 3.38. The van der Waals surface area contributed by atoms with Crippen molar-refractivity contribution in [2.75, 3.05) is 12.4 Å². The molecule has 1 saturated heterocycles. The fourth-order valence-corrected chi connectivity index (χ4v) is 2.69. The molecule has 0 radical (unpaired) electrons. The number of epoxide rings is 1. The fourth-order valence-electron chi connectivity index (χ4n) is 1.78. The van der Waals surface area contributed by atoms with E-state index in [9.17, 15) is 8.42 Å². The predicted octanol–water partition coefficient (Wildman–Crippen LogP) is 1.11. The topological polar surface area (TPSA) is 66.9 Å². The molecule has 0 aromatic heterocycles. The molecule has 0 amide bonds. The van der Waals surface area contributed by atoms with E-state index in [1.165, 1.54) is 0 Å². The Morgan fingerprint density at radius 1 is 1.47 bits per heavy atom. The molecule has 0 aliphatic carbocycles. The van der Waals surface area contributed by atoms with E-state index in [4.69, 9.17) is 9.29 Å². The Hall–Kier alpha value is -0.910. The van der Waals surface area contributed by atoms with Crippen LogP contribution in [0.25, 0.3) is 0 Å². The SMILES string of the molecule is Cc1ccccc1[C@]1(CS(=O)(=O)O)CO1. The molecule has 5 heteroatoms. The minimum Gasteiger partial charge on any atom is -0.363 e. The number of aryl methyl sites for hydroxylation is 1. The van der Waals surface area contributed by atoms with Crippen LogP contribution in [-0.4, -0.2) is 25.3 Å². The molecular weight excluding hydrogens is 216 g/mol.